The number of aliphatic carboxylic acids is 1. The maximum atomic E-state index is 12.3. The lowest BCUT2D eigenvalue weighted by molar-refractivity contribution is -0.131. The lowest BCUT2D eigenvalue weighted by Gasteiger charge is -2.08. The summed E-state index contributed by atoms with van der Waals surface area (Å²) < 4.78 is 11.1. The Balaban J connectivity index is 1.77. The van der Waals surface area contributed by atoms with E-state index in [-0.39, 0.29) is 0 Å². The predicted molar refractivity (Wildman–Crippen MR) is 113 cm³/mol. The van der Waals surface area contributed by atoms with Crippen LogP contribution in [0.25, 0.3) is 6.08 Å². The Morgan fingerprint density at radius 2 is 1.48 bits per heavy atom. The van der Waals surface area contributed by atoms with Gasteiger partial charge in [0.1, 0.15) is 11.5 Å². The van der Waals surface area contributed by atoms with Crippen LogP contribution in [0, 0.1) is 0 Å². The van der Waals surface area contributed by atoms with E-state index in [1.165, 1.54) is 38.2 Å². The van der Waals surface area contributed by atoms with Gasteiger partial charge in [0.2, 0.25) is 0 Å². The van der Waals surface area contributed by atoms with Crippen molar-refractivity contribution in [2.75, 3.05) is 6.61 Å². The molecule has 0 atom stereocenters. The summed E-state index contributed by atoms with van der Waals surface area (Å²) in [5, 5.41) is 8.63. The third-order valence-electron chi connectivity index (χ3n) is 4.37. The largest absolute Gasteiger partial charge is 0.494 e. The highest BCUT2D eigenvalue weighted by Crippen LogP contribution is 2.17. The number of unbranched alkanes of at least 4 members (excludes halogenated alkanes) is 5. The first-order valence-electron chi connectivity index (χ1n) is 10.0. The predicted octanol–water partition coefficient (Wildman–Crippen LogP) is 5.74. The molecule has 154 valence electrons. The lowest BCUT2D eigenvalue weighted by Crippen LogP contribution is -2.08. The number of carboxylic acid groups (broad SMARTS) is 1. The fraction of sp³-hybridized carbons (Fsp3) is 0.333. The van der Waals surface area contributed by atoms with Crippen LogP contribution in [0.1, 0.15) is 61.4 Å². The summed E-state index contributed by atoms with van der Waals surface area (Å²) in [5.74, 6) is -0.336. The third kappa shape index (κ3) is 8.64. The van der Waals surface area contributed by atoms with Gasteiger partial charge in [-0.3, -0.25) is 0 Å². The zero-order chi connectivity index (χ0) is 20.9. The Labute approximate surface area is 172 Å². The molecular weight excluding hydrogens is 368 g/mol. The molecule has 0 saturated carbocycles. The average Bonchev–Trinajstić information content (AvgIpc) is 2.73. The van der Waals surface area contributed by atoms with Crippen molar-refractivity contribution >= 4 is 18.0 Å². The molecule has 0 aliphatic rings. The van der Waals surface area contributed by atoms with Gasteiger partial charge < -0.3 is 14.6 Å². The molecule has 0 bridgehead atoms. The van der Waals surface area contributed by atoms with Crippen molar-refractivity contribution in [3.63, 3.8) is 0 Å². The molecular formula is C24H28O5. The molecule has 2 aromatic carbocycles. The zero-order valence-corrected chi connectivity index (χ0v) is 16.8. The number of carbonyl (C=O) groups is 2. The summed E-state index contributed by atoms with van der Waals surface area (Å²) in [4.78, 5) is 22.8. The maximum absolute atomic E-state index is 12.3. The second kappa shape index (κ2) is 12.4. The van der Waals surface area contributed by atoms with Gasteiger partial charge in [-0.15, -0.1) is 0 Å². The molecule has 0 unspecified atom stereocenters. The highest BCUT2D eigenvalue weighted by Gasteiger charge is 2.09. The van der Waals surface area contributed by atoms with E-state index in [0.29, 0.717) is 23.5 Å². The number of benzene rings is 2. The van der Waals surface area contributed by atoms with Crippen molar-refractivity contribution in [2.45, 2.75) is 45.4 Å². The molecule has 5 nitrogen and oxygen atoms in total. The molecule has 1 N–H and O–H groups in total. The zero-order valence-electron chi connectivity index (χ0n) is 16.8. The minimum atomic E-state index is -1.01. The molecule has 2 aromatic rings. The third-order valence-corrected chi connectivity index (χ3v) is 4.37. The standard InChI is InChI=1S/C24H28O5/c1-2-3-4-5-6-7-18-28-21-15-11-20(12-16-21)24(27)29-22-13-8-19(9-14-22)10-17-23(25)26/h8-17H,2-7,18H2,1H3,(H,25,26)/b17-10+. The second-order valence-corrected chi connectivity index (χ2v) is 6.77. The van der Waals surface area contributed by atoms with Gasteiger partial charge >= 0.3 is 11.9 Å². The number of hydrogen-bond acceptors (Lipinski definition) is 4. The molecule has 0 radical (unpaired) electrons. The molecule has 29 heavy (non-hydrogen) atoms. The summed E-state index contributed by atoms with van der Waals surface area (Å²) in [6.45, 7) is 2.89. The van der Waals surface area contributed by atoms with Crippen LogP contribution in [0.3, 0.4) is 0 Å². The van der Waals surface area contributed by atoms with E-state index in [9.17, 15) is 9.59 Å². The van der Waals surface area contributed by atoms with Crippen molar-refractivity contribution in [3.05, 3.63) is 65.7 Å². The van der Waals surface area contributed by atoms with Crippen molar-refractivity contribution in [3.8, 4) is 11.5 Å². The highest BCUT2D eigenvalue weighted by molar-refractivity contribution is 5.91. The number of esters is 1. The van der Waals surface area contributed by atoms with Gasteiger partial charge in [0.25, 0.3) is 0 Å². The minimum absolute atomic E-state index is 0.394. The van der Waals surface area contributed by atoms with Crippen molar-refractivity contribution in [1.29, 1.82) is 0 Å². The molecule has 0 fully saturated rings. The summed E-state index contributed by atoms with van der Waals surface area (Å²) >= 11 is 0. The SMILES string of the molecule is CCCCCCCCOc1ccc(C(=O)Oc2ccc(/C=C/C(=O)O)cc2)cc1. The first kappa shape index (κ1) is 22.2. The van der Waals surface area contributed by atoms with Crippen LogP contribution in [0.5, 0.6) is 11.5 Å². The molecule has 5 heteroatoms. The normalized spacial score (nSPS) is 10.8. The van der Waals surface area contributed by atoms with E-state index < -0.39 is 11.9 Å². The summed E-state index contributed by atoms with van der Waals surface area (Å²) in [7, 11) is 0. The molecule has 0 heterocycles. The maximum Gasteiger partial charge on any atom is 0.343 e. The summed E-state index contributed by atoms with van der Waals surface area (Å²) in [6.07, 6.45) is 9.81. The first-order valence-corrected chi connectivity index (χ1v) is 10.0. The Morgan fingerprint density at radius 1 is 0.862 bits per heavy atom. The van der Waals surface area contributed by atoms with Gasteiger partial charge in [0.05, 0.1) is 12.2 Å². The van der Waals surface area contributed by atoms with Gasteiger partial charge in [0.15, 0.2) is 0 Å². The van der Waals surface area contributed by atoms with Gasteiger partial charge in [-0.05, 0) is 54.5 Å². The molecule has 0 spiro atoms. The van der Waals surface area contributed by atoms with Crippen LogP contribution in [-0.2, 0) is 4.79 Å². The fourth-order valence-corrected chi connectivity index (χ4v) is 2.74. The van der Waals surface area contributed by atoms with Crippen molar-refractivity contribution in [1.82, 2.24) is 0 Å². The topological polar surface area (TPSA) is 72.8 Å². The number of carbonyl (C=O) groups excluding carboxylic acids is 1. The van der Waals surface area contributed by atoms with Crippen molar-refractivity contribution < 1.29 is 24.2 Å². The van der Waals surface area contributed by atoms with E-state index in [4.69, 9.17) is 14.6 Å². The van der Waals surface area contributed by atoms with E-state index in [1.807, 2.05) is 0 Å². The molecule has 0 aliphatic heterocycles. The Morgan fingerprint density at radius 3 is 2.14 bits per heavy atom. The van der Waals surface area contributed by atoms with Crippen LogP contribution in [0.4, 0.5) is 0 Å². The van der Waals surface area contributed by atoms with E-state index in [1.54, 1.807) is 48.5 Å². The van der Waals surface area contributed by atoms with E-state index >= 15 is 0 Å². The second-order valence-electron chi connectivity index (χ2n) is 6.77. The number of rotatable bonds is 12. The minimum Gasteiger partial charge on any atom is -0.494 e. The molecule has 0 aromatic heterocycles. The van der Waals surface area contributed by atoms with Gasteiger partial charge in [-0.2, -0.15) is 0 Å². The van der Waals surface area contributed by atoms with Crippen LogP contribution >= 0.6 is 0 Å². The lowest BCUT2D eigenvalue weighted by atomic mass is 10.1. The van der Waals surface area contributed by atoms with Crippen LogP contribution < -0.4 is 9.47 Å². The summed E-state index contributed by atoms with van der Waals surface area (Å²) in [5.41, 5.74) is 1.14. The Bertz CT molecular complexity index is 791. The average molecular weight is 396 g/mol. The van der Waals surface area contributed by atoms with Gasteiger partial charge in [0, 0.05) is 6.08 Å². The molecule has 0 saturated heterocycles. The summed E-state index contributed by atoms with van der Waals surface area (Å²) in [6, 6.07) is 13.5. The van der Waals surface area contributed by atoms with E-state index in [0.717, 1.165) is 18.2 Å². The van der Waals surface area contributed by atoms with Crippen molar-refractivity contribution in [2.24, 2.45) is 0 Å². The fourth-order valence-electron chi connectivity index (χ4n) is 2.74. The smallest absolute Gasteiger partial charge is 0.343 e. The first-order chi connectivity index (χ1) is 14.1. The van der Waals surface area contributed by atoms with Gasteiger partial charge in [-0.25, -0.2) is 9.59 Å². The number of hydrogen-bond donors (Lipinski definition) is 1. The van der Waals surface area contributed by atoms with Crippen LogP contribution in [-0.4, -0.2) is 23.7 Å². The van der Waals surface area contributed by atoms with E-state index in [2.05, 4.69) is 6.92 Å². The highest BCUT2D eigenvalue weighted by atomic mass is 16.5. The quantitative estimate of drug-likeness (QED) is 0.214. The molecule has 2 rings (SSSR count). The number of ether oxygens (including phenoxy) is 2. The Kier molecular flexibility index (Phi) is 9.49. The number of carboxylic acids is 1. The van der Waals surface area contributed by atoms with Crippen LogP contribution in [0.15, 0.2) is 54.6 Å². The molecule has 0 amide bonds. The molecule has 0 aliphatic carbocycles. The monoisotopic (exact) mass is 396 g/mol. The van der Waals surface area contributed by atoms with Crippen LogP contribution in [0.2, 0.25) is 0 Å². The van der Waals surface area contributed by atoms with Gasteiger partial charge in [-0.1, -0.05) is 51.2 Å². The Hall–Kier alpha value is -3.08.